The number of thiazole rings is 1. The highest BCUT2D eigenvalue weighted by Crippen LogP contribution is 2.35. The molecule has 0 amide bonds. The van der Waals surface area contributed by atoms with E-state index >= 15 is 0 Å². The lowest BCUT2D eigenvalue weighted by molar-refractivity contribution is 0.0701. The Morgan fingerprint density at radius 1 is 1.16 bits per heavy atom. The first-order valence-corrected chi connectivity index (χ1v) is 8.91. The van der Waals surface area contributed by atoms with Gasteiger partial charge in [-0.3, -0.25) is 4.40 Å². The van der Waals surface area contributed by atoms with Gasteiger partial charge in [-0.2, -0.15) is 0 Å². The van der Waals surface area contributed by atoms with Crippen LogP contribution in [0.25, 0.3) is 16.2 Å². The number of nitrogens with zero attached hydrogens (tertiary/aromatic N) is 2. The van der Waals surface area contributed by atoms with Crippen LogP contribution in [0.5, 0.6) is 11.5 Å². The molecule has 1 N–H and O–H groups in total. The molecule has 0 spiro atoms. The maximum Gasteiger partial charge on any atom is 0.347 e. The van der Waals surface area contributed by atoms with Crippen LogP contribution in [0.2, 0.25) is 0 Å². The highest BCUT2D eigenvalue weighted by molar-refractivity contribution is 7.19. The summed E-state index contributed by atoms with van der Waals surface area (Å²) in [5.74, 6) is 0.463. The molecule has 2 aromatic heterocycles. The van der Waals surface area contributed by atoms with E-state index in [4.69, 9.17) is 9.47 Å². The number of fused-ring (bicyclic) bond motifs is 1. The fraction of sp³-hybridized carbons (Fsp3) is 0.333. The number of ether oxygens (including phenoxy) is 2. The Bertz CT molecular complexity index is 942. The summed E-state index contributed by atoms with van der Waals surface area (Å²) in [6.07, 6.45) is 0. The SMILES string of the molecule is CCOc1ccc(-c2nc3sc(C(=O)O)c(C)n3c2C)cc1OCC. The van der Waals surface area contributed by atoms with Gasteiger partial charge in [0.2, 0.25) is 0 Å². The molecule has 0 aliphatic rings. The summed E-state index contributed by atoms with van der Waals surface area (Å²) in [7, 11) is 0. The predicted molar refractivity (Wildman–Crippen MR) is 97.3 cm³/mol. The van der Waals surface area contributed by atoms with Gasteiger partial charge in [0.1, 0.15) is 4.88 Å². The number of carboxylic acid groups (broad SMARTS) is 1. The Kier molecular flexibility index (Phi) is 4.67. The first-order chi connectivity index (χ1) is 12.0. The monoisotopic (exact) mass is 360 g/mol. The third-order valence-corrected chi connectivity index (χ3v) is 5.08. The second-order valence-electron chi connectivity index (χ2n) is 5.51. The van der Waals surface area contributed by atoms with Gasteiger partial charge < -0.3 is 14.6 Å². The normalized spacial score (nSPS) is 11.0. The molecule has 7 heteroatoms. The van der Waals surface area contributed by atoms with Crippen molar-refractivity contribution in [3.8, 4) is 22.8 Å². The van der Waals surface area contributed by atoms with Crippen molar-refractivity contribution in [2.24, 2.45) is 0 Å². The zero-order chi connectivity index (χ0) is 18.1. The zero-order valence-corrected chi connectivity index (χ0v) is 15.4. The standard InChI is InChI=1S/C18H20N2O4S/c1-5-23-13-8-7-12(9-14(13)24-6-2)15-10(3)20-11(4)16(17(21)22)25-18(20)19-15/h7-9H,5-6H2,1-4H3,(H,21,22). The first-order valence-electron chi connectivity index (χ1n) is 8.09. The van der Waals surface area contributed by atoms with E-state index in [1.165, 1.54) is 11.3 Å². The number of benzene rings is 1. The number of hydrogen-bond donors (Lipinski definition) is 1. The Labute approximate surface area is 149 Å². The van der Waals surface area contributed by atoms with Crippen molar-refractivity contribution in [1.29, 1.82) is 0 Å². The third-order valence-electron chi connectivity index (χ3n) is 3.95. The summed E-state index contributed by atoms with van der Waals surface area (Å²) < 4.78 is 13.2. The number of aryl methyl sites for hydroxylation is 2. The molecule has 0 aliphatic carbocycles. The van der Waals surface area contributed by atoms with Gasteiger partial charge in [0, 0.05) is 17.0 Å². The maximum absolute atomic E-state index is 11.3. The molecule has 3 rings (SSSR count). The van der Waals surface area contributed by atoms with Crippen molar-refractivity contribution in [2.75, 3.05) is 13.2 Å². The van der Waals surface area contributed by atoms with Crippen molar-refractivity contribution >= 4 is 22.3 Å². The van der Waals surface area contributed by atoms with Crippen LogP contribution in [0.4, 0.5) is 0 Å². The van der Waals surface area contributed by atoms with E-state index in [-0.39, 0.29) is 0 Å². The van der Waals surface area contributed by atoms with E-state index in [0.717, 1.165) is 17.0 Å². The van der Waals surface area contributed by atoms with E-state index in [1.807, 2.05) is 43.4 Å². The van der Waals surface area contributed by atoms with Crippen molar-refractivity contribution in [3.05, 3.63) is 34.5 Å². The van der Waals surface area contributed by atoms with E-state index in [9.17, 15) is 9.90 Å². The van der Waals surface area contributed by atoms with Gasteiger partial charge in [-0.15, -0.1) is 0 Å². The second-order valence-corrected chi connectivity index (χ2v) is 6.49. The number of aromatic nitrogens is 2. The molecular weight excluding hydrogens is 340 g/mol. The van der Waals surface area contributed by atoms with Gasteiger partial charge in [-0.1, -0.05) is 11.3 Å². The van der Waals surface area contributed by atoms with Crippen LogP contribution in [-0.4, -0.2) is 33.7 Å². The van der Waals surface area contributed by atoms with Crippen LogP contribution in [-0.2, 0) is 0 Å². The number of aromatic carboxylic acids is 1. The lowest BCUT2D eigenvalue weighted by Gasteiger charge is -2.12. The van der Waals surface area contributed by atoms with Gasteiger partial charge in [-0.05, 0) is 45.9 Å². The lowest BCUT2D eigenvalue weighted by atomic mass is 10.1. The van der Waals surface area contributed by atoms with Crippen molar-refractivity contribution in [1.82, 2.24) is 9.38 Å². The van der Waals surface area contributed by atoms with E-state index in [2.05, 4.69) is 4.98 Å². The van der Waals surface area contributed by atoms with Crippen molar-refractivity contribution in [3.63, 3.8) is 0 Å². The van der Waals surface area contributed by atoms with Gasteiger partial charge in [-0.25, -0.2) is 9.78 Å². The Balaban J connectivity index is 2.11. The van der Waals surface area contributed by atoms with Gasteiger partial charge in [0.15, 0.2) is 16.5 Å². The van der Waals surface area contributed by atoms with Crippen LogP contribution >= 0.6 is 11.3 Å². The van der Waals surface area contributed by atoms with Gasteiger partial charge >= 0.3 is 5.97 Å². The van der Waals surface area contributed by atoms with E-state index in [0.29, 0.717) is 40.2 Å². The topological polar surface area (TPSA) is 73.1 Å². The number of carbonyl (C=O) groups is 1. The molecule has 3 aromatic rings. The molecule has 0 saturated carbocycles. The minimum absolute atomic E-state index is 0.318. The number of carboxylic acids is 1. The molecule has 0 bridgehead atoms. The lowest BCUT2D eigenvalue weighted by Crippen LogP contribution is -1.99. The zero-order valence-electron chi connectivity index (χ0n) is 14.6. The van der Waals surface area contributed by atoms with Crippen molar-refractivity contribution in [2.45, 2.75) is 27.7 Å². The highest BCUT2D eigenvalue weighted by atomic mass is 32.1. The largest absolute Gasteiger partial charge is 0.490 e. The summed E-state index contributed by atoms with van der Waals surface area (Å²) >= 11 is 1.18. The summed E-state index contributed by atoms with van der Waals surface area (Å²) in [6, 6.07) is 5.74. The molecule has 1 aromatic carbocycles. The average molecular weight is 360 g/mol. The molecule has 25 heavy (non-hydrogen) atoms. The van der Waals surface area contributed by atoms with E-state index in [1.54, 1.807) is 6.92 Å². The molecule has 0 atom stereocenters. The van der Waals surface area contributed by atoms with Crippen LogP contribution < -0.4 is 9.47 Å². The summed E-state index contributed by atoms with van der Waals surface area (Å²) in [5, 5.41) is 9.28. The molecular formula is C18H20N2O4S. The minimum atomic E-state index is -0.923. The summed E-state index contributed by atoms with van der Waals surface area (Å²) in [6.45, 7) is 8.71. The van der Waals surface area contributed by atoms with Crippen LogP contribution in [0, 0.1) is 13.8 Å². The Hall–Kier alpha value is -2.54. The molecule has 0 aliphatic heterocycles. The number of hydrogen-bond acceptors (Lipinski definition) is 5. The highest BCUT2D eigenvalue weighted by Gasteiger charge is 2.21. The van der Waals surface area contributed by atoms with Crippen LogP contribution in [0.3, 0.4) is 0 Å². The second kappa shape index (κ2) is 6.76. The van der Waals surface area contributed by atoms with Crippen molar-refractivity contribution < 1.29 is 19.4 Å². The number of rotatable bonds is 6. The maximum atomic E-state index is 11.3. The summed E-state index contributed by atoms with van der Waals surface area (Å²) in [4.78, 5) is 16.9. The molecule has 6 nitrogen and oxygen atoms in total. The smallest absolute Gasteiger partial charge is 0.347 e. The predicted octanol–water partition coefficient (Wildman–Crippen LogP) is 4.18. The quantitative estimate of drug-likeness (QED) is 0.714. The Morgan fingerprint density at radius 3 is 2.44 bits per heavy atom. The molecule has 2 heterocycles. The average Bonchev–Trinajstić information content (AvgIpc) is 3.07. The van der Waals surface area contributed by atoms with Crippen LogP contribution in [0.15, 0.2) is 18.2 Å². The first kappa shape index (κ1) is 17.3. The van der Waals surface area contributed by atoms with Gasteiger partial charge in [0.25, 0.3) is 0 Å². The van der Waals surface area contributed by atoms with Crippen LogP contribution in [0.1, 0.15) is 34.9 Å². The third kappa shape index (κ3) is 2.95. The molecule has 0 unspecified atom stereocenters. The molecule has 0 radical (unpaired) electrons. The molecule has 132 valence electrons. The minimum Gasteiger partial charge on any atom is -0.490 e. The Morgan fingerprint density at radius 2 is 1.84 bits per heavy atom. The molecule has 0 fully saturated rings. The fourth-order valence-corrected chi connectivity index (χ4v) is 3.89. The number of imidazole rings is 1. The molecule has 0 saturated heterocycles. The summed E-state index contributed by atoms with van der Waals surface area (Å²) in [5.41, 5.74) is 3.33. The van der Waals surface area contributed by atoms with Gasteiger partial charge in [0.05, 0.1) is 18.9 Å². The fourth-order valence-electron chi connectivity index (χ4n) is 2.88. The van der Waals surface area contributed by atoms with E-state index < -0.39 is 5.97 Å².